The molecule has 2 N–H and O–H groups in total. The first-order valence-electron chi connectivity index (χ1n) is 13.0. The van der Waals surface area contributed by atoms with E-state index in [-0.39, 0.29) is 10.3 Å². The van der Waals surface area contributed by atoms with Crippen LogP contribution in [-0.4, -0.2) is 23.5 Å². The van der Waals surface area contributed by atoms with Gasteiger partial charge in [-0.3, -0.25) is 4.72 Å². The van der Waals surface area contributed by atoms with Crippen molar-refractivity contribution in [3.63, 3.8) is 0 Å². The second kappa shape index (κ2) is 10.9. The summed E-state index contributed by atoms with van der Waals surface area (Å²) >= 11 is 0. The molecule has 5 rings (SSSR count). The highest BCUT2D eigenvalue weighted by atomic mass is 32.2. The zero-order valence-electron chi connectivity index (χ0n) is 22.8. The molecule has 204 valence electrons. The molecule has 2 heterocycles. The van der Waals surface area contributed by atoms with Crippen LogP contribution >= 0.6 is 0 Å². The summed E-state index contributed by atoms with van der Waals surface area (Å²) in [6, 6.07) is 25.6. The van der Waals surface area contributed by atoms with Gasteiger partial charge in [0, 0.05) is 28.7 Å². The van der Waals surface area contributed by atoms with Crippen LogP contribution in [0.4, 0.5) is 17.2 Å². The highest BCUT2D eigenvalue weighted by Crippen LogP contribution is 2.27. The monoisotopic (exact) mass is 553 g/mol. The maximum absolute atomic E-state index is 12.9. The van der Waals surface area contributed by atoms with E-state index < -0.39 is 10.0 Å². The molecule has 9 heteroatoms. The number of pyridine rings is 1. The van der Waals surface area contributed by atoms with Crippen molar-refractivity contribution in [2.24, 2.45) is 0 Å². The molecule has 0 atom stereocenters. The Morgan fingerprint density at radius 3 is 2.15 bits per heavy atom. The molecular formula is C31H31N5O3S. The first kappa shape index (κ1) is 27.1. The Kier molecular flexibility index (Phi) is 7.40. The van der Waals surface area contributed by atoms with Crippen LogP contribution in [0, 0.1) is 0 Å². The van der Waals surface area contributed by atoms with Crippen LogP contribution in [0.25, 0.3) is 22.8 Å². The Labute approximate surface area is 234 Å². The fourth-order valence-electron chi connectivity index (χ4n) is 4.10. The van der Waals surface area contributed by atoms with E-state index >= 15 is 0 Å². The maximum Gasteiger partial charge on any atom is 0.261 e. The highest BCUT2D eigenvalue weighted by Gasteiger charge is 2.18. The van der Waals surface area contributed by atoms with Crippen LogP contribution in [0.1, 0.15) is 38.8 Å². The van der Waals surface area contributed by atoms with Gasteiger partial charge in [0.25, 0.3) is 15.9 Å². The SMILES string of the molecule is CCc1ccc(Nc2cc(-c3noc(-c4ccc(NS(=O)(=O)c5ccc(C(C)(C)C)cc5)cc4)n3)ccn2)cc1. The van der Waals surface area contributed by atoms with E-state index in [1.165, 1.54) is 5.56 Å². The predicted octanol–water partition coefficient (Wildman–Crippen LogP) is 7.20. The molecule has 0 spiro atoms. The molecule has 0 amide bonds. The van der Waals surface area contributed by atoms with Crippen molar-refractivity contribution in [1.82, 2.24) is 15.1 Å². The third kappa shape index (κ3) is 6.21. The Bertz CT molecular complexity index is 1710. The lowest BCUT2D eigenvalue weighted by Gasteiger charge is -2.19. The molecule has 0 fully saturated rings. The van der Waals surface area contributed by atoms with E-state index in [4.69, 9.17) is 4.52 Å². The molecule has 2 aromatic heterocycles. The van der Waals surface area contributed by atoms with Crippen molar-refractivity contribution in [1.29, 1.82) is 0 Å². The van der Waals surface area contributed by atoms with Gasteiger partial charge in [0.2, 0.25) is 5.82 Å². The third-order valence-corrected chi connectivity index (χ3v) is 7.89. The van der Waals surface area contributed by atoms with Crippen molar-refractivity contribution in [3.05, 3.63) is 102 Å². The first-order chi connectivity index (χ1) is 19.1. The smallest absolute Gasteiger partial charge is 0.261 e. The lowest BCUT2D eigenvalue weighted by Crippen LogP contribution is -2.14. The molecule has 0 radical (unpaired) electrons. The van der Waals surface area contributed by atoms with Crippen LogP contribution in [0.3, 0.4) is 0 Å². The number of anilines is 3. The average molecular weight is 554 g/mol. The predicted molar refractivity (Wildman–Crippen MR) is 158 cm³/mol. The first-order valence-corrected chi connectivity index (χ1v) is 14.5. The van der Waals surface area contributed by atoms with Crippen LogP contribution in [0.15, 0.2) is 101 Å². The Hall–Kier alpha value is -4.50. The van der Waals surface area contributed by atoms with Crippen LogP contribution < -0.4 is 10.0 Å². The normalized spacial score (nSPS) is 11.8. The minimum Gasteiger partial charge on any atom is -0.340 e. The molecule has 0 bridgehead atoms. The number of aryl methyl sites for hydroxylation is 1. The van der Waals surface area contributed by atoms with Crippen LogP contribution in [-0.2, 0) is 21.9 Å². The van der Waals surface area contributed by atoms with Crippen LogP contribution in [0.5, 0.6) is 0 Å². The van der Waals surface area contributed by atoms with Gasteiger partial charge in [-0.25, -0.2) is 13.4 Å². The second-order valence-corrected chi connectivity index (χ2v) is 12.2. The summed E-state index contributed by atoms with van der Waals surface area (Å²) in [5.41, 5.74) is 5.06. The molecule has 8 nitrogen and oxygen atoms in total. The van der Waals surface area contributed by atoms with Gasteiger partial charge in [-0.05, 0) is 83.6 Å². The number of aromatic nitrogens is 3. The summed E-state index contributed by atoms with van der Waals surface area (Å²) in [4.78, 5) is 9.12. The molecule has 40 heavy (non-hydrogen) atoms. The van der Waals surface area contributed by atoms with Gasteiger partial charge in [0.15, 0.2) is 0 Å². The number of sulfonamides is 1. The van der Waals surface area contributed by atoms with Crippen molar-refractivity contribution >= 4 is 27.2 Å². The van der Waals surface area contributed by atoms with Crippen molar-refractivity contribution in [3.8, 4) is 22.8 Å². The van der Waals surface area contributed by atoms with Gasteiger partial charge in [0.1, 0.15) is 5.82 Å². The summed E-state index contributed by atoms with van der Waals surface area (Å²) in [6.45, 7) is 8.38. The minimum absolute atomic E-state index is 0.0577. The van der Waals surface area contributed by atoms with E-state index in [2.05, 4.69) is 65.0 Å². The number of hydrogen-bond donors (Lipinski definition) is 2. The molecule has 0 aliphatic rings. The summed E-state index contributed by atoms with van der Waals surface area (Å²) in [7, 11) is -3.73. The fraction of sp³-hybridized carbons (Fsp3) is 0.194. The zero-order chi connectivity index (χ0) is 28.3. The Morgan fingerprint density at radius 1 is 0.825 bits per heavy atom. The molecule has 3 aromatic carbocycles. The molecule has 0 saturated carbocycles. The summed E-state index contributed by atoms with van der Waals surface area (Å²) in [5.74, 6) is 1.41. The van der Waals surface area contributed by atoms with Crippen molar-refractivity contribution in [2.45, 2.75) is 44.4 Å². The largest absolute Gasteiger partial charge is 0.340 e. The van der Waals surface area contributed by atoms with Crippen molar-refractivity contribution < 1.29 is 12.9 Å². The number of benzene rings is 3. The maximum atomic E-state index is 12.9. The summed E-state index contributed by atoms with van der Waals surface area (Å²) in [5, 5.41) is 7.42. The van der Waals surface area contributed by atoms with E-state index in [1.54, 1.807) is 42.6 Å². The minimum atomic E-state index is -3.73. The number of hydrogen-bond acceptors (Lipinski definition) is 7. The topological polar surface area (TPSA) is 110 Å². The molecule has 0 aliphatic carbocycles. The summed E-state index contributed by atoms with van der Waals surface area (Å²) in [6.07, 6.45) is 2.67. The number of nitrogens with zero attached hydrogens (tertiary/aromatic N) is 3. The average Bonchev–Trinajstić information content (AvgIpc) is 3.44. The van der Waals surface area contributed by atoms with E-state index in [1.807, 2.05) is 36.4 Å². The van der Waals surface area contributed by atoms with Crippen molar-refractivity contribution in [2.75, 3.05) is 10.0 Å². The fourth-order valence-corrected chi connectivity index (χ4v) is 5.16. The molecular weight excluding hydrogens is 522 g/mol. The lowest BCUT2D eigenvalue weighted by atomic mass is 9.87. The second-order valence-electron chi connectivity index (χ2n) is 10.5. The number of rotatable bonds is 8. The van der Waals surface area contributed by atoms with Gasteiger partial charge in [0.05, 0.1) is 4.90 Å². The van der Waals surface area contributed by atoms with Gasteiger partial charge in [-0.1, -0.05) is 57.1 Å². The Morgan fingerprint density at radius 2 is 1.50 bits per heavy atom. The number of nitrogens with one attached hydrogen (secondary N) is 2. The van der Waals surface area contributed by atoms with E-state index in [9.17, 15) is 8.42 Å². The van der Waals surface area contributed by atoms with Crippen LogP contribution in [0.2, 0.25) is 0 Å². The van der Waals surface area contributed by atoms with Gasteiger partial charge < -0.3 is 9.84 Å². The lowest BCUT2D eigenvalue weighted by molar-refractivity contribution is 0.432. The zero-order valence-corrected chi connectivity index (χ0v) is 23.7. The van der Waals surface area contributed by atoms with Gasteiger partial charge in [-0.15, -0.1) is 0 Å². The molecule has 5 aromatic rings. The quantitative estimate of drug-likeness (QED) is 0.209. The third-order valence-electron chi connectivity index (χ3n) is 6.49. The molecule has 0 saturated heterocycles. The van der Waals surface area contributed by atoms with Gasteiger partial charge >= 0.3 is 0 Å². The van der Waals surface area contributed by atoms with E-state index in [0.29, 0.717) is 28.8 Å². The van der Waals surface area contributed by atoms with E-state index in [0.717, 1.165) is 23.2 Å². The molecule has 0 aliphatic heterocycles. The highest BCUT2D eigenvalue weighted by molar-refractivity contribution is 7.92. The standard InChI is InChI=1S/C31H31N5O3S/c1-5-21-6-12-25(13-7-21)33-28-20-23(18-19-32-28)29-34-30(39-35-29)22-8-14-26(15-9-22)36-40(37,38)27-16-10-24(11-17-27)31(2,3)4/h6-20,36H,5H2,1-4H3,(H,32,33). The summed E-state index contributed by atoms with van der Waals surface area (Å²) < 4.78 is 33.9. The van der Waals surface area contributed by atoms with Gasteiger partial charge in [-0.2, -0.15) is 4.98 Å². The Balaban J connectivity index is 1.28. The molecule has 0 unspecified atom stereocenters.